The summed E-state index contributed by atoms with van der Waals surface area (Å²) in [6, 6.07) is 11.6. The molecule has 2 heterocycles. The fourth-order valence-corrected chi connectivity index (χ4v) is 4.85. The Morgan fingerprint density at radius 2 is 2.04 bits per heavy atom. The molecule has 0 unspecified atom stereocenters. The zero-order valence-corrected chi connectivity index (χ0v) is 17.4. The largest absolute Gasteiger partial charge is 0.495 e. The highest BCUT2D eigenvalue weighted by Gasteiger charge is 2.26. The Labute approximate surface area is 173 Å². The van der Waals surface area contributed by atoms with Crippen LogP contribution in [0.25, 0.3) is 10.2 Å². The topological polar surface area (TPSA) is 54.5 Å². The van der Waals surface area contributed by atoms with Gasteiger partial charge >= 0.3 is 0 Å². The Balaban J connectivity index is 1.37. The number of anilines is 2. The molecule has 0 saturated carbocycles. The highest BCUT2D eigenvalue weighted by Crippen LogP contribution is 2.33. The van der Waals surface area contributed by atoms with Crippen LogP contribution in [0.1, 0.15) is 18.4 Å². The number of carbonyl (C=O) groups is 1. The van der Waals surface area contributed by atoms with Gasteiger partial charge in [-0.1, -0.05) is 29.0 Å². The lowest BCUT2D eigenvalue weighted by molar-refractivity contribution is -0.120. The van der Waals surface area contributed by atoms with E-state index in [1.165, 1.54) is 10.3 Å². The lowest BCUT2D eigenvalue weighted by atomic mass is 9.96. The molecular weight excluding hydrogens is 394 g/mol. The standard InChI is InChI=1S/C21H22ClN3O2S/c1-13-3-5-17-19(11-13)28-21(24-17)25-9-7-14(8-10-25)20(26)23-15-4-6-18(27-2)16(22)12-15/h3-6,11-12,14H,7-10H2,1-2H3,(H,23,26). The summed E-state index contributed by atoms with van der Waals surface area (Å²) < 4.78 is 6.36. The summed E-state index contributed by atoms with van der Waals surface area (Å²) in [5.74, 6) is 0.633. The maximum atomic E-state index is 12.6. The van der Waals surface area contributed by atoms with Crippen LogP contribution in [0.2, 0.25) is 5.02 Å². The van der Waals surface area contributed by atoms with Crippen molar-refractivity contribution in [1.82, 2.24) is 4.98 Å². The van der Waals surface area contributed by atoms with E-state index in [1.54, 1.807) is 36.6 Å². The van der Waals surface area contributed by atoms with Crippen molar-refractivity contribution in [2.45, 2.75) is 19.8 Å². The van der Waals surface area contributed by atoms with Crippen LogP contribution < -0.4 is 15.0 Å². The smallest absolute Gasteiger partial charge is 0.227 e. The summed E-state index contributed by atoms with van der Waals surface area (Å²) in [5, 5.41) is 4.51. The molecule has 1 saturated heterocycles. The van der Waals surface area contributed by atoms with Gasteiger partial charge in [0, 0.05) is 24.7 Å². The first kappa shape index (κ1) is 19.0. The van der Waals surface area contributed by atoms with Gasteiger partial charge in [0.2, 0.25) is 5.91 Å². The number of piperidine rings is 1. The van der Waals surface area contributed by atoms with E-state index in [0.29, 0.717) is 16.5 Å². The predicted octanol–water partition coefficient (Wildman–Crippen LogP) is 5.12. The van der Waals surface area contributed by atoms with Crippen molar-refractivity contribution in [2.24, 2.45) is 5.92 Å². The van der Waals surface area contributed by atoms with Crippen LogP contribution in [-0.4, -0.2) is 31.1 Å². The molecule has 0 spiro atoms. The summed E-state index contributed by atoms with van der Waals surface area (Å²) in [5.41, 5.74) is 2.98. The number of halogens is 1. The van der Waals surface area contributed by atoms with Crippen LogP contribution in [-0.2, 0) is 4.79 Å². The second-order valence-corrected chi connectivity index (χ2v) is 8.48. The first-order valence-electron chi connectivity index (χ1n) is 9.30. The third-order valence-electron chi connectivity index (χ3n) is 5.09. The number of nitrogens with zero attached hydrogens (tertiary/aromatic N) is 2. The third-order valence-corrected chi connectivity index (χ3v) is 6.46. The van der Waals surface area contributed by atoms with E-state index in [2.05, 4.69) is 35.3 Å². The van der Waals surface area contributed by atoms with E-state index < -0.39 is 0 Å². The van der Waals surface area contributed by atoms with Gasteiger partial charge in [0.1, 0.15) is 5.75 Å². The minimum absolute atomic E-state index is 0.00579. The van der Waals surface area contributed by atoms with Gasteiger partial charge in [-0.2, -0.15) is 0 Å². The molecule has 0 bridgehead atoms. The SMILES string of the molecule is COc1ccc(NC(=O)C2CCN(c3nc4ccc(C)cc4s3)CC2)cc1Cl. The molecule has 5 nitrogen and oxygen atoms in total. The fraction of sp³-hybridized carbons (Fsp3) is 0.333. The average molecular weight is 416 g/mol. The maximum Gasteiger partial charge on any atom is 0.227 e. The number of carbonyl (C=O) groups excluding carboxylic acids is 1. The van der Waals surface area contributed by atoms with Gasteiger partial charge in [0.05, 0.1) is 22.3 Å². The minimum Gasteiger partial charge on any atom is -0.495 e. The summed E-state index contributed by atoms with van der Waals surface area (Å²) in [4.78, 5) is 19.7. The number of nitrogens with one attached hydrogen (secondary N) is 1. The Morgan fingerprint density at radius 3 is 2.75 bits per heavy atom. The van der Waals surface area contributed by atoms with Gasteiger partial charge in [0.15, 0.2) is 5.13 Å². The first-order chi connectivity index (χ1) is 13.5. The van der Waals surface area contributed by atoms with E-state index >= 15 is 0 Å². The lowest BCUT2D eigenvalue weighted by Gasteiger charge is -2.31. The molecule has 1 amide bonds. The summed E-state index contributed by atoms with van der Waals surface area (Å²) in [6.07, 6.45) is 1.62. The molecule has 7 heteroatoms. The van der Waals surface area contributed by atoms with E-state index in [4.69, 9.17) is 21.3 Å². The quantitative estimate of drug-likeness (QED) is 0.642. The Morgan fingerprint density at radius 1 is 1.25 bits per heavy atom. The maximum absolute atomic E-state index is 12.6. The van der Waals surface area contributed by atoms with Crippen LogP contribution in [0.3, 0.4) is 0 Å². The summed E-state index contributed by atoms with van der Waals surface area (Å²) >= 11 is 7.86. The molecule has 146 valence electrons. The van der Waals surface area contributed by atoms with Crippen LogP contribution in [0.4, 0.5) is 10.8 Å². The van der Waals surface area contributed by atoms with Crippen molar-refractivity contribution < 1.29 is 9.53 Å². The average Bonchev–Trinajstić information content (AvgIpc) is 3.11. The number of thiazole rings is 1. The third kappa shape index (κ3) is 3.93. The van der Waals surface area contributed by atoms with Gasteiger partial charge in [-0.15, -0.1) is 0 Å². The first-order valence-corrected chi connectivity index (χ1v) is 10.5. The Hall–Kier alpha value is -2.31. The molecule has 4 rings (SSSR count). The molecule has 0 atom stereocenters. The number of hydrogen-bond donors (Lipinski definition) is 1. The van der Waals surface area contributed by atoms with Gasteiger partial charge in [-0.25, -0.2) is 4.98 Å². The van der Waals surface area contributed by atoms with Crippen molar-refractivity contribution in [3.8, 4) is 5.75 Å². The Kier molecular flexibility index (Phi) is 5.42. The van der Waals surface area contributed by atoms with Crippen LogP contribution in [0, 0.1) is 12.8 Å². The van der Waals surface area contributed by atoms with Crippen molar-refractivity contribution in [1.29, 1.82) is 0 Å². The molecule has 28 heavy (non-hydrogen) atoms. The summed E-state index contributed by atoms with van der Waals surface area (Å²) in [7, 11) is 1.57. The molecule has 2 aromatic carbocycles. The molecule has 1 aliphatic rings. The normalized spacial score (nSPS) is 15.0. The molecule has 1 aromatic heterocycles. The van der Waals surface area contributed by atoms with Crippen molar-refractivity contribution >= 4 is 49.9 Å². The number of hydrogen-bond acceptors (Lipinski definition) is 5. The molecule has 3 aromatic rings. The molecule has 0 aliphatic carbocycles. The molecule has 1 aliphatic heterocycles. The van der Waals surface area contributed by atoms with E-state index in [1.807, 2.05) is 0 Å². The monoisotopic (exact) mass is 415 g/mol. The van der Waals surface area contributed by atoms with Gasteiger partial charge < -0.3 is 15.0 Å². The number of aryl methyl sites for hydroxylation is 1. The van der Waals surface area contributed by atoms with Crippen molar-refractivity contribution in [3.05, 3.63) is 47.0 Å². The van der Waals surface area contributed by atoms with E-state index in [9.17, 15) is 4.79 Å². The minimum atomic E-state index is -0.00579. The highest BCUT2D eigenvalue weighted by molar-refractivity contribution is 7.22. The van der Waals surface area contributed by atoms with Crippen molar-refractivity contribution in [3.63, 3.8) is 0 Å². The van der Waals surface area contributed by atoms with Crippen molar-refractivity contribution in [2.75, 3.05) is 30.4 Å². The number of rotatable bonds is 4. The van der Waals surface area contributed by atoms with Gasteiger partial charge in [0.25, 0.3) is 0 Å². The molecule has 0 radical (unpaired) electrons. The molecular formula is C21H22ClN3O2S. The Bertz CT molecular complexity index is 1010. The molecule has 1 fully saturated rings. The zero-order valence-electron chi connectivity index (χ0n) is 15.9. The number of fused-ring (bicyclic) bond motifs is 1. The highest BCUT2D eigenvalue weighted by atomic mass is 35.5. The number of ether oxygens (including phenoxy) is 1. The summed E-state index contributed by atoms with van der Waals surface area (Å²) in [6.45, 7) is 3.76. The zero-order chi connectivity index (χ0) is 19.7. The van der Waals surface area contributed by atoms with Crippen LogP contribution in [0.5, 0.6) is 5.75 Å². The van der Waals surface area contributed by atoms with Gasteiger partial charge in [-0.3, -0.25) is 4.79 Å². The number of amides is 1. The van der Waals surface area contributed by atoms with E-state index in [0.717, 1.165) is 36.6 Å². The van der Waals surface area contributed by atoms with Crippen LogP contribution >= 0.6 is 22.9 Å². The predicted molar refractivity (Wildman–Crippen MR) is 116 cm³/mol. The fourth-order valence-electron chi connectivity index (χ4n) is 3.48. The number of methoxy groups -OCH3 is 1. The van der Waals surface area contributed by atoms with Gasteiger partial charge in [-0.05, 0) is 55.7 Å². The second-order valence-electron chi connectivity index (χ2n) is 7.07. The lowest BCUT2D eigenvalue weighted by Crippen LogP contribution is -2.38. The number of aromatic nitrogens is 1. The second kappa shape index (κ2) is 7.97. The van der Waals surface area contributed by atoms with Crippen LogP contribution in [0.15, 0.2) is 36.4 Å². The molecule has 1 N–H and O–H groups in total. The number of benzene rings is 2. The van der Waals surface area contributed by atoms with E-state index in [-0.39, 0.29) is 11.8 Å².